The molecule has 9 heteroatoms. The van der Waals surface area contributed by atoms with Gasteiger partial charge in [0.05, 0.1) is 23.1 Å². The Hall–Kier alpha value is -4.03. The van der Waals surface area contributed by atoms with Crippen LogP contribution in [0.15, 0.2) is 83.5 Å². The van der Waals surface area contributed by atoms with Crippen LogP contribution in [0.4, 0.5) is 15.9 Å². The molecule has 202 valence electrons. The second-order valence-corrected chi connectivity index (χ2v) is 10.3. The molecule has 0 bridgehead atoms. The fraction of sp³-hybridized carbons (Fsp3) is 0.161. The first kappa shape index (κ1) is 27.5. The smallest absolute Gasteiger partial charge is 0.141 e. The Morgan fingerprint density at radius 1 is 1.10 bits per heavy atom. The number of anilines is 2. The largest absolute Gasteiger partial charge is 0.487 e. The highest BCUT2D eigenvalue weighted by atomic mass is 35.5. The Balaban J connectivity index is 1.35. The molecule has 0 saturated carbocycles. The van der Waals surface area contributed by atoms with Gasteiger partial charge >= 0.3 is 0 Å². The summed E-state index contributed by atoms with van der Waals surface area (Å²) in [5, 5.41) is 7.91. The van der Waals surface area contributed by atoms with E-state index < -0.39 is 0 Å². The molecule has 40 heavy (non-hydrogen) atoms. The molecule has 6 nitrogen and oxygen atoms in total. The van der Waals surface area contributed by atoms with Crippen molar-refractivity contribution in [3.63, 3.8) is 0 Å². The van der Waals surface area contributed by atoms with Crippen molar-refractivity contribution in [1.82, 2.24) is 15.3 Å². The molecule has 0 unspecified atom stereocenters. The lowest BCUT2D eigenvalue weighted by Gasteiger charge is -2.13. The number of fused-ring (bicyclic) bond motifs is 1. The van der Waals surface area contributed by atoms with Crippen molar-refractivity contribution in [2.24, 2.45) is 0 Å². The van der Waals surface area contributed by atoms with E-state index >= 15 is 0 Å². The van der Waals surface area contributed by atoms with Crippen molar-refractivity contribution < 1.29 is 13.5 Å². The van der Waals surface area contributed by atoms with Gasteiger partial charge < -0.3 is 14.5 Å². The van der Waals surface area contributed by atoms with Gasteiger partial charge in [-0.15, -0.1) is 6.42 Å². The lowest BCUT2D eigenvalue weighted by atomic mass is 10.1. The molecule has 0 fully saturated rings. The molecule has 2 N–H and O–H groups in total. The van der Waals surface area contributed by atoms with Crippen LogP contribution in [0.2, 0.25) is 5.02 Å². The molecule has 2 aromatic heterocycles. The molecule has 0 spiro atoms. The second-order valence-electron chi connectivity index (χ2n) is 8.94. The third-order valence-corrected chi connectivity index (χ3v) is 7.11. The number of hydrogen-bond donors (Lipinski definition) is 2. The van der Waals surface area contributed by atoms with Crippen molar-refractivity contribution >= 4 is 45.8 Å². The summed E-state index contributed by atoms with van der Waals surface area (Å²) in [7, 11) is 0. The van der Waals surface area contributed by atoms with Gasteiger partial charge in [0.1, 0.15) is 41.8 Å². The topological polar surface area (TPSA) is 72.2 Å². The molecule has 3 aromatic carbocycles. The van der Waals surface area contributed by atoms with Crippen LogP contribution in [0.3, 0.4) is 0 Å². The Labute approximate surface area is 241 Å². The van der Waals surface area contributed by atoms with Gasteiger partial charge in [0.15, 0.2) is 0 Å². The summed E-state index contributed by atoms with van der Waals surface area (Å²) in [5.74, 6) is 5.84. The standard InChI is InChI=1S/C31H26ClFN4O2S/c1-3-13-34-27(18-40-2)30-12-11-28(39-30)21-7-9-26-24(15-21)31(36-19-35-26)37-23-8-10-29(25(32)16-23)38-17-20-5-4-6-22(33)14-20/h1,4-12,14-16,19,27,34H,13,17-18H2,2H3,(H,35,36,37)/t27-/m0/s1. The van der Waals surface area contributed by atoms with E-state index in [9.17, 15) is 4.39 Å². The number of hydrogen-bond acceptors (Lipinski definition) is 7. The quantitative estimate of drug-likeness (QED) is 0.158. The minimum Gasteiger partial charge on any atom is -0.487 e. The predicted octanol–water partition coefficient (Wildman–Crippen LogP) is 7.63. The maximum Gasteiger partial charge on any atom is 0.141 e. The van der Waals surface area contributed by atoms with E-state index in [0.29, 0.717) is 28.7 Å². The van der Waals surface area contributed by atoms with Gasteiger partial charge in [-0.1, -0.05) is 29.7 Å². The molecule has 1 atom stereocenters. The minimum atomic E-state index is -0.309. The fourth-order valence-corrected chi connectivity index (χ4v) is 5.07. The van der Waals surface area contributed by atoms with E-state index in [1.54, 1.807) is 36.0 Å². The van der Waals surface area contributed by atoms with Crippen molar-refractivity contribution in [2.75, 3.05) is 23.9 Å². The van der Waals surface area contributed by atoms with E-state index in [2.05, 4.69) is 26.5 Å². The lowest BCUT2D eigenvalue weighted by molar-refractivity contribution is 0.306. The van der Waals surface area contributed by atoms with Crippen LogP contribution in [-0.4, -0.2) is 28.5 Å². The zero-order valence-electron chi connectivity index (χ0n) is 21.7. The number of terminal acetylenes is 1. The number of nitrogens with one attached hydrogen (secondary N) is 2. The van der Waals surface area contributed by atoms with Gasteiger partial charge in [-0.25, -0.2) is 14.4 Å². The number of nitrogens with zero attached hydrogens (tertiary/aromatic N) is 2. The highest BCUT2D eigenvalue weighted by Crippen LogP contribution is 2.33. The van der Waals surface area contributed by atoms with Gasteiger partial charge in [-0.05, 0) is 72.5 Å². The number of halogens is 2. The summed E-state index contributed by atoms with van der Waals surface area (Å²) < 4.78 is 25.5. The van der Waals surface area contributed by atoms with E-state index in [-0.39, 0.29) is 18.5 Å². The molecule has 5 rings (SSSR count). The van der Waals surface area contributed by atoms with Crippen LogP contribution >= 0.6 is 23.4 Å². The Bertz CT molecular complexity index is 1670. The van der Waals surface area contributed by atoms with Crippen molar-refractivity contribution in [3.8, 4) is 29.4 Å². The Kier molecular flexibility index (Phi) is 8.87. The summed E-state index contributed by atoms with van der Waals surface area (Å²) in [6.45, 7) is 0.670. The van der Waals surface area contributed by atoms with Gasteiger partial charge in [0.2, 0.25) is 0 Å². The predicted molar refractivity (Wildman–Crippen MR) is 161 cm³/mol. The average Bonchev–Trinajstić information content (AvgIpc) is 3.45. The summed E-state index contributed by atoms with van der Waals surface area (Å²) in [4.78, 5) is 8.89. The van der Waals surface area contributed by atoms with Crippen molar-refractivity contribution in [1.29, 1.82) is 0 Å². The maximum absolute atomic E-state index is 13.5. The SMILES string of the molecule is C#CCN[C@@H](CSC)c1ccc(-c2ccc3ncnc(Nc4ccc(OCc5cccc(F)c5)c(Cl)c4)c3c2)o1. The molecule has 0 saturated heterocycles. The number of thioether (sulfide) groups is 1. The first-order valence-electron chi connectivity index (χ1n) is 12.5. The molecule has 0 aliphatic heterocycles. The first-order chi connectivity index (χ1) is 19.5. The van der Waals surface area contributed by atoms with Crippen molar-refractivity contribution in [2.45, 2.75) is 12.6 Å². The zero-order valence-corrected chi connectivity index (χ0v) is 23.2. The van der Waals surface area contributed by atoms with E-state index in [0.717, 1.165) is 39.4 Å². The third kappa shape index (κ3) is 6.57. The second kappa shape index (κ2) is 12.9. The van der Waals surface area contributed by atoms with Crippen molar-refractivity contribution in [3.05, 3.63) is 101 Å². The molecule has 0 aliphatic rings. The number of ether oxygens (including phenoxy) is 1. The van der Waals surface area contributed by atoms with Crippen LogP contribution in [0, 0.1) is 18.2 Å². The summed E-state index contributed by atoms with van der Waals surface area (Å²) >= 11 is 8.22. The first-order valence-corrected chi connectivity index (χ1v) is 14.3. The van der Waals surface area contributed by atoms with Crippen LogP contribution in [-0.2, 0) is 6.61 Å². The van der Waals surface area contributed by atoms with Crippen LogP contribution < -0.4 is 15.4 Å². The highest BCUT2D eigenvalue weighted by molar-refractivity contribution is 7.98. The molecule has 0 aliphatic carbocycles. The van der Waals surface area contributed by atoms with Gasteiger partial charge in [0, 0.05) is 22.4 Å². The summed E-state index contributed by atoms with van der Waals surface area (Å²) in [6, 6.07) is 21.5. The summed E-state index contributed by atoms with van der Waals surface area (Å²) in [6.07, 6.45) is 8.99. The molecular weight excluding hydrogens is 547 g/mol. The van der Waals surface area contributed by atoms with Gasteiger partial charge in [0.25, 0.3) is 0 Å². The monoisotopic (exact) mass is 572 g/mol. The normalized spacial score (nSPS) is 11.8. The van der Waals surface area contributed by atoms with E-state index in [1.807, 2.05) is 42.7 Å². The van der Waals surface area contributed by atoms with Gasteiger partial charge in [-0.2, -0.15) is 11.8 Å². The Morgan fingerprint density at radius 3 is 2.80 bits per heavy atom. The lowest BCUT2D eigenvalue weighted by Crippen LogP contribution is -2.23. The van der Waals surface area contributed by atoms with Crippen LogP contribution in [0.5, 0.6) is 5.75 Å². The number of rotatable bonds is 11. The van der Waals surface area contributed by atoms with E-state index in [1.165, 1.54) is 18.5 Å². The number of benzene rings is 3. The average molecular weight is 573 g/mol. The maximum atomic E-state index is 13.5. The number of aromatic nitrogens is 2. The zero-order chi connectivity index (χ0) is 27.9. The number of furan rings is 1. The molecule has 0 amide bonds. The van der Waals surface area contributed by atoms with Gasteiger partial charge in [-0.3, -0.25) is 5.32 Å². The molecule has 0 radical (unpaired) electrons. The van der Waals surface area contributed by atoms with E-state index in [4.69, 9.17) is 27.2 Å². The summed E-state index contributed by atoms with van der Waals surface area (Å²) in [5.41, 5.74) is 3.13. The Morgan fingerprint density at radius 2 is 2.00 bits per heavy atom. The third-order valence-electron chi connectivity index (χ3n) is 6.15. The van der Waals surface area contributed by atoms with Crippen LogP contribution in [0.25, 0.3) is 22.2 Å². The molecular formula is C31H26ClFN4O2S. The molecule has 2 heterocycles. The highest BCUT2D eigenvalue weighted by Gasteiger charge is 2.16. The molecule has 5 aromatic rings. The minimum absolute atomic E-state index is 0.0198. The fourth-order valence-electron chi connectivity index (χ4n) is 4.22. The van der Waals surface area contributed by atoms with Crippen LogP contribution in [0.1, 0.15) is 17.4 Å².